The molecule has 3 N–H and O–H groups in total. The van der Waals surface area contributed by atoms with Gasteiger partial charge in [0, 0.05) is 24.3 Å². The lowest BCUT2D eigenvalue weighted by molar-refractivity contribution is -0.139. The van der Waals surface area contributed by atoms with Crippen LogP contribution in [0.15, 0.2) is 24.3 Å². The summed E-state index contributed by atoms with van der Waals surface area (Å²) in [6.45, 7) is 0.984. The average molecular weight is 371 g/mol. The third-order valence-corrected chi connectivity index (χ3v) is 6.21. The zero-order valence-corrected chi connectivity index (χ0v) is 15.7. The summed E-state index contributed by atoms with van der Waals surface area (Å²) in [5.74, 6) is 0.549. The third kappa shape index (κ3) is 4.80. The molecule has 0 heterocycles. The molecule has 4 rings (SSSR count). The molecule has 0 radical (unpaired) electrons. The van der Waals surface area contributed by atoms with Crippen LogP contribution in [0, 0.1) is 5.92 Å². The molecule has 1 aromatic rings. The molecule has 0 spiro atoms. The molecule has 0 aliphatic heterocycles. The van der Waals surface area contributed by atoms with Gasteiger partial charge in [-0.1, -0.05) is 18.6 Å². The topological polar surface area (TPSA) is 81.7 Å². The van der Waals surface area contributed by atoms with Crippen LogP contribution in [0.4, 0.5) is 10.5 Å². The smallest absolute Gasteiger partial charge is 0.319 e. The van der Waals surface area contributed by atoms with Crippen LogP contribution in [0.2, 0.25) is 0 Å². The fourth-order valence-electron chi connectivity index (χ4n) is 4.12. The largest absolute Gasteiger partial charge is 0.480 e. The standard InChI is InChI=1S/C21H29N3O3/c25-20(26)13-24(12-14-7-8-14)19-10-18(11-19)23-21(27)22-17-6-2-5-16(9-17)15-3-1-4-15/h2,5-6,9,14-15,18-19H,1,3-4,7-8,10-13H2,(H,25,26)(H2,22,23,27). The molecule has 6 heteroatoms. The Kier molecular flexibility index (Phi) is 5.34. The van der Waals surface area contributed by atoms with Crippen molar-refractivity contribution in [2.75, 3.05) is 18.4 Å². The molecule has 6 nitrogen and oxygen atoms in total. The van der Waals surface area contributed by atoms with Crippen molar-refractivity contribution >= 4 is 17.7 Å². The molecule has 3 aliphatic carbocycles. The van der Waals surface area contributed by atoms with Crippen LogP contribution in [-0.4, -0.2) is 47.2 Å². The monoisotopic (exact) mass is 371 g/mol. The van der Waals surface area contributed by atoms with E-state index in [2.05, 4.69) is 27.7 Å². The van der Waals surface area contributed by atoms with Gasteiger partial charge in [-0.15, -0.1) is 0 Å². The number of hydrogen-bond donors (Lipinski definition) is 3. The summed E-state index contributed by atoms with van der Waals surface area (Å²) in [5, 5.41) is 15.1. The molecular formula is C21H29N3O3. The molecule has 0 aromatic heterocycles. The maximum absolute atomic E-state index is 12.3. The van der Waals surface area contributed by atoms with Crippen LogP contribution >= 0.6 is 0 Å². The lowest BCUT2D eigenvalue weighted by atomic mass is 9.80. The number of carboxylic acids is 1. The third-order valence-electron chi connectivity index (χ3n) is 6.21. The predicted molar refractivity (Wildman–Crippen MR) is 104 cm³/mol. The maximum Gasteiger partial charge on any atom is 0.319 e. The number of amides is 2. The Hall–Kier alpha value is -2.08. The predicted octanol–water partition coefficient (Wildman–Crippen LogP) is 3.40. The number of carbonyl (C=O) groups excluding carboxylic acids is 1. The number of benzene rings is 1. The molecule has 3 fully saturated rings. The zero-order valence-electron chi connectivity index (χ0n) is 15.7. The first-order valence-electron chi connectivity index (χ1n) is 10.2. The molecule has 146 valence electrons. The molecule has 0 atom stereocenters. The van der Waals surface area contributed by atoms with Gasteiger partial charge in [-0.3, -0.25) is 9.69 Å². The molecule has 0 bridgehead atoms. The number of carboxylic acid groups (broad SMARTS) is 1. The number of hydrogen-bond acceptors (Lipinski definition) is 3. The number of rotatable bonds is 8. The lowest BCUT2D eigenvalue weighted by Crippen LogP contribution is -2.55. The Morgan fingerprint density at radius 3 is 2.56 bits per heavy atom. The molecule has 3 aliphatic rings. The van der Waals surface area contributed by atoms with Crippen LogP contribution in [0.5, 0.6) is 0 Å². The van der Waals surface area contributed by atoms with Crippen LogP contribution in [-0.2, 0) is 4.79 Å². The van der Waals surface area contributed by atoms with Crippen LogP contribution in [0.1, 0.15) is 56.4 Å². The Labute approximate surface area is 160 Å². The van der Waals surface area contributed by atoms with Gasteiger partial charge in [-0.05, 0) is 68.1 Å². The number of urea groups is 1. The van der Waals surface area contributed by atoms with Gasteiger partial charge in [0.2, 0.25) is 0 Å². The summed E-state index contributed by atoms with van der Waals surface area (Å²) in [6.07, 6.45) is 7.87. The summed E-state index contributed by atoms with van der Waals surface area (Å²) in [4.78, 5) is 25.5. The summed E-state index contributed by atoms with van der Waals surface area (Å²) >= 11 is 0. The first-order chi connectivity index (χ1) is 13.1. The van der Waals surface area contributed by atoms with Crippen LogP contribution in [0.3, 0.4) is 0 Å². The van der Waals surface area contributed by atoms with E-state index in [1.54, 1.807) is 0 Å². The van der Waals surface area contributed by atoms with Gasteiger partial charge in [0.15, 0.2) is 0 Å². The quantitative estimate of drug-likeness (QED) is 0.654. The van der Waals surface area contributed by atoms with Crippen molar-refractivity contribution < 1.29 is 14.7 Å². The van der Waals surface area contributed by atoms with Crippen molar-refractivity contribution in [3.63, 3.8) is 0 Å². The number of nitrogens with zero attached hydrogens (tertiary/aromatic N) is 1. The van der Waals surface area contributed by atoms with Crippen LogP contribution < -0.4 is 10.6 Å². The number of nitrogens with one attached hydrogen (secondary N) is 2. The molecule has 0 saturated heterocycles. The Bertz CT molecular complexity index is 694. The highest BCUT2D eigenvalue weighted by molar-refractivity contribution is 5.89. The second kappa shape index (κ2) is 7.89. The molecule has 3 saturated carbocycles. The summed E-state index contributed by atoms with van der Waals surface area (Å²) in [5.41, 5.74) is 2.15. The van der Waals surface area contributed by atoms with E-state index in [9.17, 15) is 9.59 Å². The summed E-state index contributed by atoms with van der Waals surface area (Å²) < 4.78 is 0. The minimum absolute atomic E-state index is 0.105. The van der Waals surface area contributed by atoms with E-state index in [0.717, 1.165) is 25.1 Å². The van der Waals surface area contributed by atoms with E-state index < -0.39 is 5.97 Å². The maximum atomic E-state index is 12.3. The fourth-order valence-corrected chi connectivity index (χ4v) is 4.12. The highest BCUT2D eigenvalue weighted by Crippen LogP contribution is 2.37. The van der Waals surface area contributed by atoms with Crippen molar-refractivity contribution in [2.45, 2.75) is 62.9 Å². The normalized spacial score (nSPS) is 24.8. The van der Waals surface area contributed by atoms with E-state index in [-0.39, 0.29) is 24.7 Å². The van der Waals surface area contributed by atoms with Crippen molar-refractivity contribution in [3.8, 4) is 0 Å². The Morgan fingerprint density at radius 1 is 1.15 bits per heavy atom. The molecular weight excluding hydrogens is 342 g/mol. The van der Waals surface area contributed by atoms with Crippen molar-refractivity contribution in [1.82, 2.24) is 10.2 Å². The zero-order chi connectivity index (χ0) is 18.8. The van der Waals surface area contributed by atoms with Gasteiger partial charge in [0.05, 0.1) is 6.54 Å². The summed E-state index contributed by atoms with van der Waals surface area (Å²) in [6, 6.07) is 8.38. The van der Waals surface area contributed by atoms with E-state index in [1.807, 2.05) is 12.1 Å². The highest BCUT2D eigenvalue weighted by atomic mass is 16.4. The minimum atomic E-state index is -0.767. The minimum Gasteiger partial charge on any atom is -0.480 e. The second-order valence-electron chi connectivity index (χ2n) is 8.44. The molecule has 27 heavy (non-hydrogen) atoms. The average Bonchev–Trinajstić information content (AvgIpc) is 3.32. The number of aliphatic carboxylic acids is 1. The molecule has 1 aromatic carbocycles. The van der Waals surface area contributed by atoms with Gasteiger partial charge in [-0.2, -0.15) is 0 Å². The Balaban J connectivity index is 1.23. The van der Waals surface area contributed by atoms with Gasteiger partial charge in [-0.25, -0.2) is 4.79 Å². The second-order valence-corrected chi connectivity index (χ2v) is 8.44. The molecule has 0 unspecified atom stereocenters. The fraction of sp³-hybridized carbons (Fsp3) is 0.619. The Morgan fingerprint density at radius 2 is 1.93 bits per heavy atom. The highest BCUT2D eigenvalue weighted by Gasteiger charge is 2.37. The number of carbonyl (C=O) groups is 2. The van der Waals surface area contributed by atoms with Crippen molar-refractivity contribution in [1.29, 1.82) is 0 Å². The van der Waals surface area contributed by atoms with E-state index in [1.165, 1.54) is 37.7 Å². The van der Waals surface area contributed by atoms with Crippen molar-refractivity contribution in [3.05, 3.63) is 29.8 Å². The van der Waals surface area contributed by atoms with Gasteiger partial charge >= 0.3 is 12.0 Å². The van der Waals surface area contributed by atoms with Gasteiger partial charge in [0.1, 0.15) is 0 Å². The van der Waals surface area contributed by atoms with E-state index >= 15 is 0 Å². The van der Waals surface area contributed by atoms with Crippen LogP contribution in [0.25, 0.3) is 0 Å². The SMILES string of the molecule is O=C(O)CN(CC1CC1)C1CC(NC(=O)Nc2cccc(C3CCC3)c2)C1. The first kappa shape index (κ1) is 18.3. The van der Waals surface area contributed by atoms with Crippen molar-refractivity contribution in [2.24, 2.45) is 5.92 Å². The van der Waals surface area contributed by atoms with E-state index in [4.69, 9.17) is 5.11 Å². The molecule has 2 amide bonds. The van der Waals surface area contributed by atoms with E-state index in [0.29, 0.717) is 11.8 Å². The van der Waals surface area contributed by atoms with Gasteiger partial charge < -0.3 is 15.7 Å². The first-order valence-corrected chi connectivity index (χ1v) is 10.2. The lowest BCUT2D eigenvalue weighted by Gasteiger charge is -2.42. The number of anilines is 1. The summed E-state index contributed by atoms with van der Waals surface area (Å²) in [7, 11) is 0. The van der Waals surface area contributed by atoms with Gasteiger partial charge in [0.25, 0.3) is 0 Å².